The summed E-state index contributed by atoms with van der Waals surface area (Å²) in [6, 6.07) is 84.3. The molecule has 0 aliphatic rings. The van der Waals surface area contributed by atoms with Crippen LogP contribution in [0.25, 0.3) is 42.8 Å². The molecular formula is C61H46N4S. The SMILES string of the molecule is C=C/C(=C\c1c(C)n(-c2ccccc2)c2ccc(N(c3ccccc3)c3ccccc3)cc12)N(c1ccccc1)c1ccc2sc3ccc(N(c4ccccc4)c4ccccc4)cc3c2c1. The zero-order valence-corrected chi connectivity index (χ0v) is 37.4. The van der Waals surface area contributed by atoms with Gasteiger partial charge < -0.3 is 19.3 Å². The molecule has 11 aromatic rings. The fraction of sp³-hybridized carbons (Fsp3) is 0.0164. The molecule has 9 aromatic carbocycles. The Morgan fingerprint density at radius 1 is 0.424 bits per heavy atom. The van der Waals surface area contributed by atoms with E-state index in [1.165, 1.54) is 20.2 Å². The lowest BCUT2D eigenvalue weighted by Gasteiger charge is -2.27. The third-order valence-corrected chi connectivity index (χ3v) is 13.4. The van der Waals surface area contributed by atoms with Crippen LogP contribution in [0.5, 0.6) is 0 Å². The molecule has 0 N–H and O–H groups in total. The molecule has 0 atom stereocenters. The van der Waals surface area contributed by atoms with Crippen molar-refractivity contribution in [1.29, 1.82) is 0 Å². The minimum atomic E-state index is 0.962. The molecule has 5 heteroatoms. The quantitative estimate of drug-likeness (QED) is 0.114. The Labute approximate surface area is 390 Å². The number of rotatable bonds is 12. The normalized spacial score (nSPS) is 11.6. The zero-order valence-electron chi connectivity index (χ0n) is 36.6. The molecule has 0 saturated heterocycles. The van der Waals surface area contributed by atoms with Crippen molar-refractivity contribution in [2.24, 2.45) is 0 Å². The highest BCUT2D eigenvalue weighted by Crippen LogP contribution is 2.44. The fourth-order valence-corrected chi connectivity index (χ4v) is 10.3. The van der Waals surface area contributed by atoms with Gasteiger partial charge in [0.1, 0.15) is 0 Å². The fourth-order valence-electron chi connectivity index (χ4n) is 9.28. The van der Waals surface area contributed by atoms with Crippen LogP contribution in [0.1, 0.15) is 11.3 Å². The van der Waals surface area contributed by atoms with E-state index in [1.807, 2.05) is 17.4 Å². The van der Waals surface area contributed by atoms with Crippen LogP contribution in [0.15, 0.2) is 255 Å². The second kappa shape index (κ2) is 17.6. The number of hydrogen-bond acceptors (Lipinski definition) is 4. The summed E-state index contributed by atoms with van der Waals surface area (Å²) in [5.41, 5.74) is 14.2. The van der Waals surface area contributed by atoms with Gasteiger partial charge >= 0.3 is 0 Å². The highest BCUT2D eigenvalue weighted by molar-refractivity contribution is 7.25. The highest BCUT2D eigenvalue weighted by atomic mass is 32.1. The van der Waals surface area contributed by atoms with Gasteiger partial charge in [0.2, 0.25) is 0 Å². The minimum absolute atomic E-state index is 0.962. The predicted molar refractivity (Wildman–Crippen MR) is 283 cm³/mol. The van der Waals surface area contributed by atoms with Gasteiger partial charge in [-0.25, -0.2) is 0 Å². The molecule has 316 valence electrons. The van der Waals surface area contributed by atoms with Crippen LogP contribution in [0.3, 0.4) is 0 Å². The van der Waals surface area contributed by atoms with E-state index in [0.717, 1.165) is 79.0 Å². The standard InChI is InChI=1S/C61H46N4S/c1-3-45(40-55-44(2)62(46-22-10-4-11-23-46)59-37-34-52(41-56(55)59)64(48-26-14-6-15-27-48)49-28-16-7-17-29-49)63(47-24-12-5-13-25-47)53-35-38-60-57(42-53)58-43-54(36-39-61(58)66-60)65(50-30-18-8-19-31-50)51-32-20-9-21-33-51/h3-43H,1H2,2H3/b45-40+. The van der Waals surface area contributed by atoms with Crippen LogP contribution in [0, 0.1) is 6.92 Å². The lowest BCUT2D eigenvalue weighted by atomic mass is 10.1. The molecule has 4 nitrogen and oxygen atoms in total. The lowest BCUT2D eigenvalue weighted by Crippen LogP contribution is -2.15. The number of benzene rings is 9. The summed E-state index contributed by atoms with van der Waals surface area (Å²) in [5, 5.41) is 3.58. The highest BCUT2D eigenvalue weighted by Gasteiger charge is 2.22. The Kier molecular flexibility index (Phi) is 10.8. The average Bonchev–Trinajstić information content (AvgIpc) is 3.88. The Morgan fingerprint density at radius 3 is 1.29 bits per heavy atom. The Morgan fingerprint density at radius 2 is 0.818 bits per heavy atom. The van der Waals surface area contributed by atoms with Crippen LogP contribution in [-0.2, 0) is 0 Å². The van der Waals surface area contributed by atoms with E-state index in [9.17, 15) is 0 Å². The van der Waals surface area contributed by atoms with Gasteiger partial charge in [-0.1, -0.05) is 116 Å². The summed E-state index contributed by atoms with van der Waals surface area (Å²) in [7, 11) is 0. The molecule has 2 aromatic heterocycles. The number of allylic oxidation sites excluding steroid dienone is 1. The Balaban J connectivity index is 1.09. The predicted octanol–water partition coefficient (Wildman–Crippen LogP) is 17.6. The van der Waals surface area contributed by atoms with E-state index in [-0.39, 0.29) is 0 Å². The second-order valence-electron chi connectivity index (χ2n) is 16.3. The molecule has 0 spiro atoms. The summed E-state index contributed by atoms with van der Waals surface area (Å²) in [6.45, 7) is 6.72. The summed E-state index contributed by atoms with van der Waals surface area (Å²) in [4.78, 5) is 7.01. The van der Waals surface area contributed by atoms with E-state index in [1.54, 1.807) is 0 Å². The van der Waals surface area contributed by atoms with E-state index in [0.29, 0.717) is 0 Å². The van der Waals surface area contributed by atoms with Crippen molar-refractivity contribution < 1.29 is 0 Å². The first kappa shape index (κ1) is 40.4. The number of aromatic nitrogens is 1. The second-order valence-corrected chi connectivity index (χ2v) is 17.4. The third-order valence-electron chi connectivity index (χ3n) is 12.3. The average molecular weight is 867 g/mol. The van der Waals surface area contributed by atoms with Gasteiger partial charge in [-0.15, -0.1) is 11.3 Å². The van der Waals surface area contributed by atoms with Gasteiger partial charge in [-0.05, 0) is 146 Å². The van der Waals surface area contributed by atoms with Crippen LogP contribution in [0.2, 0.25) is 0 Å². The molecule has 2 heterocycles. The summed E-state index contributed by atoms with van der Waals surface area (Å²) in [5.74, 6) is 0. The van der Waals surface area contributed by atoms with Gasteiger partial charge in [-0.3, -0.25) is 0 Å². The third kappa shape index (κ3) is 7.51. The molecular weight excluding hydrogens is 821 g/mol. The number of fused-ring (bicyclic) bond motifs is 4. The van der Waals surface area contributed by atoms with Crippen molar-refractivity contribution in [2.75, 3.05) is 14.7 Å². The zero-order chi connectivity index (χ0) is 44.4. The van der Waals surface area contributed by atoms with E-state index in [2.05, 4.69) is 275 Å². The van der Waals surface area contributed by atoms with Crippen LogP contribution in [0.4, 0.5) is 45.5 Å². The van der Waals surface area contributed by atoms with Crippen molar-refractivity contribution in [3.8, 4) is 5.69 Å². The van der Waals surface area contributed by atoms with Crippen LogP contribution in [-0.4, -0.2) is 4.57 Å². The van der Waals surface area contributed by atoms with Crippen molar-refractivity contribution in [3.63, 3.8) is 0 Å². The number of nitrogens with zero attached hydrogens (tertiary/aromatic N) is 4. The largest absolute Gasteiger partial charge is 0.313 e. The molecule has 0 fully saturated rings. The topological polar surface area (TPSA) is 14.7 Å². The maximum atomic E-state index is 4.49. The van der Waals surface area contributed by atoms with Gasteiger partial charge in [0.15, 0.2) is 0 Å². The summed E-state index contributed by atoms with van der Waals surface area (Å²) >= 11 is 1.83. The first-order valence-corrected chi connectivity index (χ1v) is 23.1. The Bertz CT molecular complexity index is 3410. The van der Waals surface area contributed by atoms with E-state index < -0.39 is 0 Å². The summed E-state index contributed by atoms with van der Waals surface area (Å²) in [6.07, 6.45) is 4.32. The molecule has 0 amide bonds. The maximum Gasteiger partial charge on any atom is 0.0539 e. The molecule has 0 aliphatic carbocycles. The minimum Gasteiger partial charge on any atom is -0.313 e. The van der Waals surface area contributed by atoms with Gasteiger partial charge in [0.25, 0.3) is 0 Å². The van der Waals surface area contributed by atoms with Crippen molar-refractivity contribution >= 4 is 94.0 Å². The van der Waals surface area contributed by atoms with Crippen molar-refractivity contribution in [3.05, 3.63) is 266 Å². The Hall–Kier alpha value is -8.38. The number of para-hydroxylation sites is 6. The van der Waals surface area contributed by atoms with Gasteiger partial charge in [0.05, 0.1) is 5.52 Å². The van der Waals surface area contributed by atoms with Crippen molar-refractivity contribution in [1.82, 2.24) is 4.57 Å². The molecule has 11 rings (SSSR count). The molecule has 0 unspecified atom stereocenters. The molecule has 66 heavy (non-hydrogen) atoms. The number of thiophene rings is 1. The molecule has 0 bridgehead atoms. The lowest BCUT2D eigenvalue weighted by molar-refractivity contribution is 1.05. The molecule has 0 radical (unpaired) electrons. The smallest absolute Gasteiger partial charge is 0.0539 e. The van der Waals surface area contributed by atoms with Gasteiger partial charge in [-0.2, -0.15) is 0 Å². The maximum absolute atomic E-state index is 4.49. The van der Waals surface area contributed by atoms with Crippen LogP contribution < -0.4 is 14.7 Å². The monoisotopic (exact) mass is 866 g/mol. The van der Waals surface area contributed by atoms with Crippen molar-refractivity contribution in [2.45, 2.75) is 6.92 Å². The first-order chi connectivity index (χ1) is 32.6. The summed E-state index contributed by atoms with van der Waals surface area (Å²) < 4.78 is 4.87. The molecule has 0 aliphatic heterocycles. The number of anilines is 8. The van der Waals surface area contributed by atoms with Gasteiger partial charge in [0, 0.05) is 93.7 Å². The van der Waals surface area contributed by atoms with E-state index >= 15 is 0 Å². The first-order valence-electron chi connectivity index (χ1n) is 22.3. The van der Waals surface area contributed by atoms with Crippen LogP contribution >= 0.6 is 11.3 Å². The number of hydrogen-bond donors (Lipinski definition) is 0. The van der Waals surface area contributed by atoms with E-state index in [4.69, 9.17) is 0 Å². The molecule has 0 saturated carbocycles.